The second kappa shape index (κ2) is 4.58. The van der Waals surface area contributed by atoms with Crippen molar-refractivity contribution in [3.63, 3.8) is 0 Å². The molecule has 1 aliphatic rings. The van der Waals surface area contributed by atoms with Crippen LogP contribution in [0.2, 0.25) is 5.02 Å². The van der Waals surface area contributed by atoms with Gasteiger partial charge in [-0.2, -0.15) is 0 Å². The first-order chi connectivity index (χ1) is 9.06. The van der Waals surface area contributed by atoms with Gasteiger partial charge in [0.05, 0.1) is 6.61 Å². The fourth-order valence-corrected chi connectivity index (χ4v) is 2.84. The smallest absolute Gasteiger partial charge is 0.128 e. The van der Waals surface area contributed by atoms with E-state index < -0.39 is 6.10 Å². The van der Waals surface area contributed by atoms with Gasteiger partial charge < -0.3 is 14.3 Å². The van der Waals surface area contributed by atoms with Gasteiger partial charge in [-0.1, -0.05) is 11.6 Å². The van der Waals surface area contributed by atoms with E-state index in [1.54, 1.807) is 6.07 Å². The molecule has 0 radical (unpaired) electrons. The molecule has 1 atom stereocenters. The summed E-state index contributed by atoms with van der Waals surface area (Å²) in [6.07, 6.45) is 0.0574. The summed E-state index contributed by atoms with van der Waals surface area (Å²) in [5.41, 5.74) is 2.53. The zero-order valence-corrected chi connectivity index (χ0v) is 11.6. The Kier molecular flexibility index (Phi) is 3.03. The number of hydrogen-bond acceptors (Lipinski definition) is 3. The molecule has 4 heteroatoms. The van der Waals surface area contributed by atoms with E-state index in [9.17, 15) is 5.11 Å². The Morgan fingerprint density at radius 3 is 2.68 bits per heavy atom. The molecule has 1 aromatic heterocycles. The standard InChI is InChI=1S/C15H15ClO3/c1-8-5-12(9(2)19-8)14(17)13-7-11(16)6-10-3-4-18-15(10)13/h5-7,14,17H,3-4H2,1-2H3. The summed E-state index contributed by atoms with van der Waals surface area (Å²) in [7, 11) is 0. The van der Waals surface area contributed by atoms with Gasteiger partial charge in [-0.25, -0.2) is 0 Å². The molecule has 1 unspecified atom stereocenters. The molecule has 3 nitrogen and oxygen atoms in total. The number of halogens is 1. The molecule has 0 spiro atoms. The summed E-state index contributed by atoms with van der Waals surface area (Å²) in [6.45, 7) is 4.35. The lowest BCUT2D eigenvalue weighted by atomic mass is 9.98. The number of furan rings is 1. The zero-order valence-electron chi connectivity index (χ0n) is 10.9. The van der Waals surface area contributed by atoms with Crippen LogP contribution in [0, 0.1) is 13.8 Å². The van der Waals surface area contributed by atoms with E-state index in [0.717, 1.165) is 34.8 Å². The summed E-state index contributed by atoms with van der Waals surface area (Å²) in [5.74, 6) is 2.26. The van der Waals surface area contributed by atoms with Crippen molar-refractivity contribution >= 4 is 11.6 Å². The first-order valence-electron chi connectivity index (χ1n) is 6.26. The van der Waals surface area contributed by atoms with Crippen LogP contribution in [0.5, 0.6) is 5.75 Å². The normalized spacial score (nSPS) is 15.2. The van der Waals surface area contributed by atoms with Crippen LogP contribution in [0.25, 0.3) is 0 Å². The maximum absolute atomic E-state index is 10.6. The molecule has 19 heavy (non-hydrogen) atoms. The van der Waals surface area contributed by atoms with Gasteiger partial charge in [-0.15, -0.1) is 0 Å². The Hall–Kier alpha value is -1.45. The number of aliphatic hydroxyl groups is 1. The minimum absolute atomic E-state index is 0.621. The maximum atomic E-state index is 10.6. The molecule has 0 fully saturated rings. The van der Waals surface area contributed by atoms with E-state index in [2.05, 4.69) is 0 Å². The van der Waals surface area contributed by atoms with Crippen LogP contribution < -0.4 is 4.74 Å². The Morgan fingerprint density at radius 2 is 2.00 bits per heavy atom. The highest BCUT2D eigenvalue weighted by molar-refractivity contribution is 6.30. The summed E-state index contributed by atoms with van der Waals surface area (Å²) in [4.78, 5) is 0. The minimum atomic E-state index is -0.775. The van der Waals surface area contributed by atoms with E-state index in [-0.39, 0.29) is 0 Å². The summed E-state index contributed by atoms with van der Waals surface area (Å²) in [5, 5.41) is 11.2. The average molecular weight is 279 g/mol. The third-order valence-corrected chi connectivity index (χ3v) is 3.66. The van der Waals surface area contributed by atoms with Crippen molar-refractivity contribution in [3.8, 4) is 5.75 Å². The molecule has 3 rings (SSSR count). The van der Waals surface area contributed by atoms with E-state index in [1.165, 1.54) is 0 Å². The lowest BCUT2D eigenvalue weighted by Crippen LogP contribution is -2.02. The molecule has 1 aliphatic heterocycles. The fourth-order valence-electron chi connectivity index (χ4n) is 2.59. The highest BCUT2D eigenvalue weighted by atomic mass is 35.5. The number of benzene rings is 1. The van der Waals surface area contributed by atoms with Crippen molar-refractivity contribution in [1.29, 1.82) is 0 Å². The Balaban J connectivity index is 2.09. The number of hydrogen-bond donors (Lipinski definition) is 1. The van der Waals surface area contributed by atoms with Crippen molar-refractivity contribution in [1.82, 2.24) is 0 Å². The SMILES string of the molecule is Cc1cc(C(O)c2cc(Cl)cc3c2OCC3)c(C)o1. The number of aliphatic hydroxyl groups excluding tert-OH is 1. The van der Waals surface area contributed by atoms with Gasteiger partial charge in [0, 0.05) is 22.6 Å². The number of rotatable bonds is 2. The predicted octanol–water partition coefficient (Wildman–Crippen LogP) is 3.57. The summed E-state index contributed by atoms with van der Waals surface area (Å²) in [6, 6.07) is 5.51. The monoisotopic (exact) mass is 278 g/mol. The predicted molar refractivity (Wildman–Crippen MR) is 72.9 cm³/mol. The van der Waals surface area contributed by atoms with E-state index in [1.807, 2.05) is 26.0 Å². The van der Waals surface area contributed by atoms with Crippen LogP contribution in [-0.2, 0) is 6.42 Å². The second-order valence-electron chi connectivity index (χ2n) is 4.85. The average Bonchev–Trinajstić information content (AvgIpc) is 2.93. The van der Waals surface area contributed by atoms with Gasteiger partial charge in [0.15, 0.2) is 0 Å². The van der Waals surface area contributed by atoms with Crippen molar-refractivity contribution < 1.29 is 14.3 Å². The Morgan fingerprint density at radius 1 is 1.21 bits per heavy atom. The van der Waals surface area contributed by atoms with E-state index in [4.69, 9.17) is 20.8 Å². The van der Waals surface area contributed by atoms with Crippen LogP contribution >= 0.6 is 11.6 Å². The molecule has 0 saturated heterocycles. The topological polar surface area (TPSA) is 42.6 Å². The third kappa shape index (κ3) is 2.13. The quantitative estimate of drug-likeness (QED) is 0.913. The van der Waals surface area contributed by atoms with Crippen LogP contribution in [0.1, 0.15) is 34.3 Å². The fraction of sp³-hybridized carbons (Fsp3) is 0.333. The van der Waals surface area contributed by atoms with Crippen molar-refractivity contribution in [2.75, 3.05) is 6.61 Å². The van der Waals surface area contributed by atoms with Crippen LogP contribution in [0.4, 0.5) is 0 Å². The lowest BCUT2D eigenvalue weighted by molar-refractivity contribution is 0.211. The van der Waals surface area contributed by atoms with Crippen LogP contribution in [0.15, 0.2) is 22.6 Å². The molecular weight excluding hydrogens is 264 g/mol. The summed E-state index contributed by atoms with van der Waals surface area (Å²) >= 11 is 6.11. The zero-order chi connectivity index (χ0) is 13.6. The molecule has 2 heterocycles. The van der Waals surface area contributed by atoms with E-state index in [0.29, 0.717) is 17.2 Å². The number of aryl methyl sites for hydroxylation is 2. The summed E-state index contributed by atoms with van der Waals surface area (Å²) < 4.78 is 11.1. The highest BCUT2D eigenvalue weighted by Gasteiger charge is 2.25. The molecule has 0 amide bonds. The molecule has 2 aromatic rings. The van der Waals surface area contributed by atoms with Gasteiger partial charge in [0.25, 0.3) is 0 Å². The minimum Gasteiger partial charge on any atom is -0.493 e. The first kappa shape index (κ1) is 12.6. The molecule has 1 aromatic carbocycles. The van der Waals surface area contributed by atoms with Crippen molar-refractivity contribution in [2.45, 2.75) is 26.4 Å². The number of ether oxygens (including phenoxy) is 1. The van der Waals surface area contributed by atoms with Crippen LogP contribution in [0.3, 0.4) is 0 Å². The molecule has 100 valence electrons. The molecular formula is C15H15ClO3. The third-order valence-electron chi connectivity index (χ3n) is 3.45. The first-order valence-corrected chi connectivity index (χ1v) is 6.64. The largest absolute Gasteiger partial charge is 0.493 e. The maximum Gasteiger partial charge on any atom is 0.128 e. The Bertz CT molecular complexity index is 631. The van der Waals surface area contributed by atoms with Gasteiger partial charge in [-0.3, -0.25) is 0 Å². The van der Waals surface area contributed by atoms with Crippen molar-refractivity contribution in [3.05, 3.63) is 51.4 Å². The van der Waals surface area contributed by atoms with Gasteiger partial charge in [0.2, 0.25) is 0 Å². The van der Waals surface area contributed by atoms with Crippen LogP contribution in [-0.4, -0.2) is 11.7 Å². The second-order valence-corrected chi connectivity index (χ2v) is 5.29. The molecule has 0 saturated carbocycles. The van der Waals surface area contributed by atoms with Gasteiger partial charge in [-0.05, 0) is 37.6 Å². The molecule has 0 aliphatic carbocycles. The highest BCUT2D eigenvalue weighted by Crippen LogP contribution is 2.39. The van der Waals surface area contributed by atoms with Crippen molar-refractivity contribution in [2.24, 2.45) is 0 Å². The van der Waals surface area contributed by atoms with Gasteiger partial charge in [0.1, 0.15) is 23.4 Å². The lowest BCUT2D eigenvalue weighted by Gasteiger charge is -2.14. The van der Waals surface area contributed by atoms with E-state index >= 15 is 0 Å². The van der Waals surface area contributed by atoms with Gasteiger partial charge >= 0.3 is 0 Å². The molecule has 1 N–H and O–H groups in total. The molecule has 0 bridgehead atoms. The number of fused-ring (bicyclic) bond motifs is 1. The Labute approximate surface area is 116 Å².